The number of hydrogen-bond donors (Lipinski definition) is 2. The van der Waals surface area contributed by atoms with Crippen LogP contribution in [-0.2, 0) is 17.8 Å². The van der Waals surface area contributed by atoms with Crippen LogP contribution in [-0.4, -0.2) is 38.2 Å². The van der Waals surface area contributed by atoms with Crippen LogP contribution in [0.15, 0.2) is 42.7 Å². The van der Waals surface area contributed by atoms with Gasteiger partial charge in [-0.15, -0.1) is 0 Å². The number of benzene rings is 1. The van der Waals surface area contributed by atoms with Gasteiger partial charge in [0.05, 0.1) is 14.2 Å². The number of carbonyl (C=O) groups is 1. The number of carbonyl (C=O) groups excluding carboxylic acids is 1. The molecule has 0 saturated carbocycles. The zero-order valence-corrected chi connectivity index (χ0v) is 14.7. The van der Waals surface area contributed by atoms with Crippen molar-refractivity contribution in [1.29, 1.82) is 0 Å². The third kappa shape index (κ3) is 6.43. The fraction of sp³-hybridized carbons (Fsp3) is 0.368. The fourth-order valence-electron chi connectivity index (χ4n) is 2.39. The van der Waals surface area contributed by atoms with E-state index in [0.717, 1.165) is 35.6 Å². The van der Waals surface area contributed by atoms with Gasteiger partial charge in [-0.3, -0.25) is 9.78 Å². The number of methoxy groups -OCH3 is 2. The maximum atomic E-state index is 11.8. The van der Waals surface area contributed by atoms with E-state index in [1.165, 1.54) is 0 Å². The maximum Gasteiger partial charge on any atom is 0.221 e. The Kier molecular flexibility index (Phi) is 7.72. The number of amides is 1. The molecule has 0 atom stereocenters. The first-order valence-electron chi connectivity index (χ1n) is 8.30. The minimum absolute atomic E-state index is 0.0301. The molecule has 0 spiro atoms. The molecular weight excluding hydrogens is 318 g/mol. The van der Waals surface area contributed by atoms with Crippen LogP contribution in [0.5, 0.6) is 11.5 Å². The third-order valence-corrected chi connectivity index (χ3v) is 3.78. The summed E-state index contributed by atoms with van der Waals surface area (Å²) in [5.74, 6) is 1.49. The molecule has 1 heterocycles. The molecule has 1 amide bonds. The Labute approximate surface area is 148 Å². The number of hydrogen-bond acceptors (Lipinski definition) is 5. The Morgan fingerprint density at radius 3 is 2.64 bits per heavy atom. The van der Waals surface area contributed by atoms with E-state index in [-0.39, 0.29) is 5.91 Å². The SMILES string of the molecule is COc1ccc(CCNCCC(=O)NCc2cccnc2)cc1OC. The predicted octanol–water partition coefficient (Wildman–Crippen LogP) is 1.94. The van der Waals surface area contributed by atoms with Gasteiger partial charge in [0.25, 0.3) is 0 Å². The topological polar surface area (TPSA) is 72.5 Å². The average Bonchev–Trinajstić information content (AvgIpc) is 2.66. The molecule has 0 saturated heterocycles. The molecule has 2 rings (SSSR count). The zero-order chi connectivity index (χ0) is 17.9. The Bertz CT molecular complexity index is 662. The summed E-state index contributed by atoms with van der Waals surface area (Å²) in [4.78, 5) is 15.8. The van der Waals surface area contributed by atoms with Gasteiger partial charge in [-0.2, -0.15) is 0 Å². The van der Waals surface area contributed by atoms with Crippen molar-refractivity contribution in [3.05, 3.63) is 53.9 Å². The summed E-state index contributed by atoms with van der Waals surface area (Å²) in [5.41, 5.74) is 2.16. The van der Waals surface area contributed by atoms with Gasteiger partial charge >= 0.3 is 0 Å². The number of nitrogens with zero attached hydrogens (tertiary/aromatic N) is 1. The van der Waals surface area contributed by atoms with E-state index in [2.05, 4.69) is 15.6 Å². The normalized spacial score (nSPS) is 10.3. The van der Waals surface area contributed by atoms with Crippen molar-refractivity contribution in [3.63, 3.8) is 0 Å². The molecule has 1 aromatic carbocycles. The number of rotatable bonds is 10. The van der Waals surface area contributed by atoms with Crippen LogP contribution in [0.1, 0.15) is 17.5 Å². The molecule has 0 fully saturated rings. The van der Waals surface area contributed by atoms with Gasteiger partial charge in [-0.25, -0.2) is 0 Å². The molecule has 0 unspecified atom stereocenters. The summed E-state index contributed by atoms with van der Waals surface area (Å²) in [7, 11) is 3.25. The monoisotopic (exact) mass is 343 g/mol. The highest BCUT2D eigenvalue weighted by Gasteiger charge is 2.05. The summed E-state index contributed by atoms with van der Waals surface area (Å²) < 4.78 is 10.5. The molecule has 0 bridgehead atoms. The minimum atomic E-state index is 0.0301. The zero-order valence-electron chi connectivity index (χ0n) is 14.7. The predicted molar refractivity (Wildman–Crippen MR) is 96.8 cm³/mol. The van der Waals surface area contributed by atoms with E-state index >= 15 is 0 Å². The number of aromatic nitrogens is 1. The van der Waals surface area contributed by atoms with Crippen molar-refractivity contribution >= 4 is 5.91 Å². The van der Waals surface area contributed by atoms with E-state index in [4.69, 9.17) is 9.47 Å². The van der Waals surface area contributed by atoms with Crippen molar-refractivity contribution in [2.24, 2.45) is 0 Å². The third-order valence-electron chi connectivity index (χ3n) is 3.78. The van der Waals surface area contributed by atoms with Gasteiger partial charge in [-0.1, -0.05) is 12.1 Å². The van der Waals surface area contributed by atoms with Crippen molar-refractivity contribution in [1.82, 2.24) is 15.6 Å². The summed E-state index contributed by atoms with van der Waals surface area (Å²) in [6.07, 6.45) is 4.78. The number of nitrogens with one attached hydrogen (secondary N) is 2. The Hall–Kier alpha value is -2.60. The molecule has 25 heavy (non-hydrogen) atoms. The first-order chi connectivity index (χ1) is 12.2. The summed E-state index contributed by atoms with van der Waals surface area (Å²) in [6.45, 7) is 1.95. The van der Waals surface area contributed by atoms with Crippen molar-refractivity contribution in [2.45, 2.75) is 19.4 Å². The van der Waals surface area contributed by atoms with E-state index < -0.39 is 0 Å². The number of pyridine rings is 1. The molecule has 6 heteroatoms. The molecule has 0 aliphatic rings. The molecule has 2 aromatic rings. The molecular formula is C19H25N3O3. The van der Waals surface area contributed by atoms with Gasteiger partial charge in [0.1, 0.15) is 0 Å². The van der Waals surface area contributed by atoms with Crippen LogP contribution < -0.4 is 20.1 Å². The molecule has 0 aliphatic carbocycles. The van der Waals surface area contributed by atoms with E-state index in [1.807, 2.05) is 30.3 Å². The van der Waals surface area contributed by atoms with Crippen LogP contribution in [0.2, 0.25) is 0 Å². The Balaban J connectivity index is 1.62. The van der Waals surface area contributed by atoms with Gasteiger partial charge in [0, 0.05) is 31.9 Å². The van der Waals surface area contributed by atoms with Gasteiger partial charge < -0.3 is 20.1 Å². The lowest BCUT2D eigenvalue weighted by Gasteiger charge is -2.10. The van der Waals surface area contributed by atoms with Crippen LogP contribution in [0.3, 0.4) is 0 Å². The van der Waals surface area contributed by atoms with Crippen LogP contribution in [0.25, 0.3) is 0 Å². The second-order valence-electron chi connectivity index (χ2n) is 5.58. The lowest BCUT2D eigenvalue weighted by molar-refractivity contribution is -0.121. The van der Waals surface area contributed by atoms with Gasteiger partial charge in [0.15, 0.2) is 11.5 Å². The second-order valence-corrected chi connectivity index (χ2v) is 5.58. The summed E-state index contributed by atoms with van der Waals surface area (Å²) in [5, 5.41) is 6.17. The van der Waals surface area contributed by atoms with Crippen LogP contribution in [0, 0.1) is 0 Å². The second kappa shape index (κ2) is 10.3. The first kappa shape index (κ1) is 18.7. The fourth-order valence-corrected chi connectivity index (χ4v) is 2.39. The quantitative estimate of drug-likeness (QED) is 0.645. The highest BCUT2D eigenvalue weighted by atomic mass is 16.5. The maximum absolute atomic E-state index is 11.8. The number of ether oxygens (including phenoxy) is 2. The highest BCUT2D eigenvalue weighted by molar-refractivity contribution is 5.76. The van der Waals surface area contributed by atoms with Gasteiger partial charge in [0.2, 0.25) is 5.91 Å². The molecule has 0 aliphatic heterocycles. The minimum Gasteiger partial charge on any atom is -0.493 e. The smallest absolute Gasteiger partial charge is 0.221 e. The molecule has 1 aromatic heterocycles. The Morgan fingerprint density at radius 2 is 1.92 bits per heavy atom. The summed E-state index contributed by atoms with van der Waals surface area (Å²) in [6, 6.07) is 9.69. The van der Waals surface area contributed by atoms with Crippen LogP contribution in [0.4, 0.5) is 0 Å². The Morgan fingerprint density at radius 1 is 1.08 bits per heavy atom. The molecule has 2 N–H and O–H groups in total. The largest absolute Gasteiger partial charge is 0.493 e. The van der Waals surface area contributed by atoms with Crippen LogP contribution >= 0.6 is 0 Å². The van der Waals surface area contributed by atoms with Crippen molar-refractivity contribution in [2.75, 3.05) is 27.3 Å². The standard InChI is InChI=1S/C19H25N3O3/c1-24-17-6-5-15(12-18(17)25-2)7-10-20-11-8-19(23)22-14-16-4-3-9-21-13-16/h3-6,9,12-13,20H,7-8,10-11,14H2,1-2H3,(H,22,23). The average molecular weight is 343 g/mol. The molecule has 6 nitrogen and oxygen atoms in total. The summed E-state index contributed by atoms with van der Waals surface area (Å²) >= 11 is 0. The highest BCUT2D eigenvalue weighted by Crippen LogP contribution is 2.27. The van der Waals surface area contributed by atoms with Gasteiger partial charge in [-0.05, 0) is 42.3 Å². The van der Waals surface area contributed by atoms with Crippen molar-refractivity contribution in [3.8, 4) is 11.5 Å². The van der Waals surface area contributed by atoms with E-state index in [0.29, 0.717) is 19.5 Å². The lowest BCUT2D eigenvalue weighted by Crippen LogP contribution is -2.28. The molecule has 0 radical (unpaired) electrons. The molecule has 134 valence electrons. The van der Waals surface area contributed by atoms with Crippen molar-refractivity contribution < 1.29 is 14.3 Å². The van der Waals surface area contributed by atoms with E-state index in [9.17, 15) is 4.79 Å². The van der Waals surface area contributed by atoms with E-state index in [1.54, 1.807) is 26.6 Å². The lowest BCUT2D eigenvalue weighted by atomic mass is 10.1. The first-order valence-corrected chi connectivity index (χ1v) is 8.30.